The van der Waals surface area contributed by atoms with Crippen LogP contribution in [-0.4, -0.2) is 12.3 Å². The lowest BCUT2D eigenvalue weighted by Crippen LogP contribution is -2.24. The summed E-state index contributed by atoms with van der Waals surface area (Å²) in [7, 11) is 0. The van der Waals surface area contributed by atoms with Crippen molar-refractivity contribution in [2.75, 3.05) is 12.3 Å². The Hall–Kier alpha value is -0.960. The highest BCUT2D eigenvalue weighted by Gasteiger charge is 2.13. The highest BCUT2D eigenvalue weighted by molar-refractivity contribution is 7.99. The van der Waals surface area contributed by atoms with Gasteiger partial charge in [-0.25, -0.2) is 0 Å². The average Bonchev–Trinajstić information content (AvgIpc) is 2.50. The van der Waals surface area contributed by atoms with Gasteiger partial charge in [0.05, 0.1) is 5.02 Å². The second kappa shape index (κ2) is 8.47. The predicted molar refractivity (Wildman–Crippen MR) is 94.4 cm³/mol. The summed E-state index contributed by atoms with van der Waals surface area (Å²) >= 11 is 8.06. The molecular weight excluding hydrogens is 298 g/mol. The zero-order chi connectivity index (χ0) is 15.1. The Labute approximate surface area is 137 Å². The zero-order valence-electron chi connectivity index (χ0n) is 12.6. The molecule has 2 aromatic carbocycles. The Morgan fingerprint density at radius 1 is 1.10 bits per heavy atom. The van der Waals surface area contributed by atoms with Crippen molar-refractivity contribution in [3.63, 3.8) is 0 Å². The van der Waals surface area contributed by atoms with E-state index < -0.39 is 0 Å². The molecule has 0 amide bonds. The number of rotatable bonds is 7. The van der Waals surface area contributed by atoms with Gasteiger partial charge in [0.15, 0.2) is 0 Å². The van der Waals surface area contributed by atoms with Gasteiger partial charge in [-0.3, -0.25) is 0 Å². The zero-order valence-corrected chi connectivity index (χ0v) is 14.2. The largest absolute Gasteiger partial charge is 0.309 e. The lowest BCUT2D eigenvalue weighted by Gasteiger charge is -2.21. The molecule has 0 radical (unpaired) electrons. The third-order valence-corrected chi connectivity index (χ3v) is 5.06. The minimum absolute atomic E-state index is 0.354. The molecule has 0 fully saturated rings. The highest BCUT2D eigenvalue weighted by Crippen LogP contribution is 2.31. The summed E-state index contributed by atoms with van der Waals surface area (Å²) < 4.78 is 0. The van der Waals surface area contributed by atoms with Crippen LogP contribution in [0.1, 0.15) is 30.5 Å². The van der Waals surface area contributed by atoms with Gasteiger partial charge >= 0.3 is 0 Å². The number of aryl methyl sites for hydroxylation is 1. The van der Waals surface area contributed by atoms with E-state index in [0.29, 0.717) is 6.04 Å². The van der Waals surface area contributed by atoms with E-state index in [-0.39, 0.29) is 0 Å². The maximum Gasteiger partial charge on any atom is 0.0541 e. The molecule has 0 spiro atoms. The maximum absolute atomic E-state index is 6.25. The third kappa shape index (κ3) is 4.77. The number of thioether (sulfide) groups is 1. The standard InChI is InChI=1S/C18H22ClNS/c1-3-12-20-17(15-9-5-4-8-14(15)2)13-21-18-11-7-6-10-16(18)19/h4-11,17,20H,3,12-13H2,1-2H3. The van der Waals surface area contributed by atoms with Crippen molar-refractivity contribution in [1.82, 2.24) is 5.32 Å². The first-order valence-electron chi connectivity index (χ1n) is 7.38. The molecule has 0 bridgehead atoms. The molecule has 0 aliphatic carbocycles. The van der Waals surface area contributed by atoms with Crippen molar-refractivity contribution in [3.8, 4) is 0 Å². The molecule has 0 aliphatic rings. The number of benzene rings is 2. The first kappa shape index (κ1) is 16.4. The lowest BCUT2D eigenvalue weighted by atomic mass is 10.0. The van der Waals surface area contributed by atoms with Gasteiger partial charge < -0.3 is 5.32 Å². The van der Waals surface area contributed by atoms with Crippen LogP contribution in [-0.2, 0) is 0 Å². The molecule has 1 nitrogen and oxygen atoms in total. The van der Waals surface area contributed by atoms with Crippen LogP contribution in [0.3, 0.4) is 0 Å². The molecule has 1 N–H and O–H groups in total. The van der Waals surface area contributed by atoms with E-state index >= 15 is 0 Å². The van der Waals surface area contributed by atoms with Gasteiger partial charge in [0, 0.05) is 16.7 Å². The Bertz CT molecular complexity index is 571. The first-order chi connectivity index (χ1) is 10.2. The van der Waals surface area contributed by atoms with Crippen molar-refractivity contribution in [2.24, 2.45) is 0 Å². The predicted octanol–water partition coefficient (Wildman–Crippen LogP) is 5.48. The highest BCUT2D eigenvalue weighted by atomic mass is 35.5. The van der Waals surface area contributed by atoms with Crippen LogP contribution in [0.4, 0.5) is 0 Å². The van der Waals surface area contributed by atoms with Crippen LogP contribution in [0.5, 0.6) is 0 Å². The van der Waals surface area contributed by atoms with Gasteiger partial charge in [0.25, 0.3) is 0 Å². The van der Waals surface area contributed by atoms with Gasteiger partial charge in [-0.05, 0) is 43.1 Å². The molecular formula is C18H22ClNS. The van der Waals surface area contributed by atoms with Crippen molar-refractivity contribution >= 4 is 23.4 Å². The molecule has 2 aromatic rings. The number of hydrogen-bond donors (Lipinski definition) is 1. The van der Waals surface area contributed by atoms with Crippen molar-refractivity contribution < 1.29 is 0 Å². The van der Waals surface area contributed by atoms with Crippen molar-refractivity contribution in [1.29, 1.82) is 0 Å². The van der Waals surface area contributed by atoms with Crippen LogP contribution in [0.2, 0.25) is 5.02 Å². The van der Waals surface area contributed by atoms with E-state index in [0.717, 1.165) is 28.6 Å². The van der Waals surface area contributed by atoms with Gasteiger partial charge in [0.1, 0.15) is 0 Å². The molecule has 1 unspecified atom stereocenters. The molecule has 21 heavy (non-hydrogen) atoms. The van der Waals surface area contributed by atoms with E-state index in [9.17, 15) is 0 Å². The SMILES string of the molecule is CCCNC(CSc1ccccc1Cl)c1ccccc1C. The van der Waals surface area contributed by atoms with Gasteiger partial charge in [-0.15, -0.1) is 11.8 Å². The Morgan fingerprint density at radius 3 is 2.52 bits per heavy atom. The number of nitrogens with one attached hydrogen (secondary N) is 1. The summed E-state index contributed by atoms with van der Waals surface area (Å²) in [6, 6.07) is 17.0. The minimum atomic E-state index is 0.354. The Balaban J connectivity index is 2.10. The van der Waals surface area contributed by atoms with Gasteiger partial charge in [-0.2, -0.15) is 0 Å². The molecule has 1 atom stereocenters. The summed E-state index contributed by atoms with van der Waals surface area (Å²) in [4.78, 5) is 1.15. The summed E-state index contributed by atoms with van der Waals surface area (Å²) in [6.07, 6.45) is 1.14. The van der Waals surface area contributed by atoms with E-state index in [1.54, 1.807) is 0 Å². The first-order valence-corrected chi connectivity index (χ1v) is 8.75. The molecule has 0 aliphatic heterocycles. The van der Waals surface area contributed by atoms with Gasteiger partial charge in [-0.1, -0.05) is 54.9 Å². The molecule has 0 saturated heterocycles. The quantitative estimate of drug-likeness (QED) is 0.678. The van der Waals surface area contributed by atoms with Crippen LogP contribution in [0.15, 0.2) is 53.4 Å². The van der Waals surface area contributed by atoms with Crippen LogP contribution in [0, 0.1) is 6.92 Å². The minimum Gasteiger partial charge on any atom is -0.309 e. The third-order valence-electron chi connectivity index (χ3n) is 3.45. The number of hydrogen-bond acceptors (Lipinski definition) is 2. The van der Waals surface area contributed by atoms with E-state index in [1.165, 1.54) is 11.1 Å². The fourth-order valence-corrected chi connectivity index (χ4v) is 3.61. The van der Waals surface area contributed by atoms with Crippen molar-refractivity contribution in [3.05, 3.63) is 64.7 Å². The molecule has 0 saturated carbocycles. The van der Waals surface area contributed by atoms with Gasteiger partial charge in [0.2, 0.25) is 0 Å². The second-order valence-electron chi connectivity index (χ2n) is 5.10. The molecule has 3 heteroatoms. The van der Waals surface area contributed by atoms with Crippen LogP contribution in [0.25, 0.3) is 0 Å². The van der Waals surface area contributed by atoms with E-state index in [1.807, 2.05) is 30.0 Å². The fraction of sp³-hybridized carbons (Fsp3) is 0.333. The second-order valence-corrected chi connectivity index (χ2v) is 6.57. The van der Waals surface area contributed by atoms with E-state index in [4.69, 9.17) is 11.6 Å². The molecule has 112 valence electrons. The lowest BCUT2D eigenvalue weighted by molar-refractivity contribution is 0.575. The monoisotopic (exact) mass is 319 g/mol. The fourth-order valence-electron chi connectivity index (χ4n) is 2.29. The van der Waals surface area contributed by atoms with Crippen LogP contribution >= 0.6 is 23.4 Å². The summed E-state index contributed by atoms with van der Waals surface area (Å²) in [5, 5.41) is 4.49. The Morgan fingerprint density at radius 2 is 1.81 bits per heavy atom. The topological polar surface area (TPSA) is 12.0 Å². The normalized spacial score (nSPS) is 12.3. The maximum atomic E-state index is 6.25. The van der Waals surface area contributed by atoms with Crippen LogP contribution < -0.4 is 5.32 Å². The number of halogens is 1. The Kier molecular flexibility index (Phi) is 6.62. The summed E-state index contributed by atoms with van der Waals surface area (Å²) in [5.74, 6) is 0.981. The summed E-state index contributed by atoms with van der Waals surface area (Å²) in [5.41, 5.74) is 2.72. The van der Waals surface area contributed by atoms with E-state index in [2.05, 4.69) is 49.5 Å². The molecule has 0 aromatic heterocycles. The summed E-state index contributed by atoms with van der Waals surface area (Å²) in [6.45, 7) is 5.40. The average molecular weight is 320 g/mol. The molecule has 0 heterocycles. The smallest absolute Gasteiger partial charge is 0.0541 e. The van der Waals surface area contributed by atoms with Crippen molar-refractivity contribution in [2.45, 2.75) is 31.2 Å². The molecule has 2 rings (SSSR count).